The zero-order valence-electron chi connectivity index (χ0n) is 15.0. The maximum Gasteiger partial charge on any atom is 0.317 e. The number of amides is 3. The van der Waals surface area contributed by atoms with Crippen LogP contribution in [0.15, 0.2) is 30.3 Å². The normalized spacial score (nSPS) is 19.4. The Kier molecular flexibility index (Phi) is 9.31. The Hall–Kier alpha value is -1.79. The molecule has 3 N–H and O–H groups in total. The van der Waals surface area contributed by atoms with Gasteiger partial charge in [-0.1, -0.05) is 30.3 Å². The van der Waals surface area contributed by atoms with Crippen LogP contribution in [0.5, 0.6) is 0 Å². The fraction of sp³-hybridized carbons (Fsp3) is 0.556. The number of carbonyl (C=O) groups excluding carboxylic acids is 2. The number of piperidine rings is 1. The molecule has 0 saturated carbocycles. The van der Waals surface area contributed by atoms with Gasteiger partial charge in [-0.25, -0.2) is 4.79 Å². The zero-order chi connectivity index (χ0) is 17.4. The molecule has 1 aliphatic heterocycles. The smallest absolute Gasteiger partial charge is 0.317 e. The van der Waals surface area contributed by atoms with Gasteiger partial charge in [0.2, 0.25) is 5.91 Å². The molecule has 1 fully saturated rings. The van der Waals surface area contributed by atoms with Crippen LogP contribution >= 0.6 is 12.4 Å². The van der Waals surface area contributed by atoms with Gasteiger partial charge in [-0.2, -0.15) is 0 Å². The van der Waals surface area contributed by atoms with Crippen LogP contribution in [-0.2, 0) is 11.3 Å². The van der Waals surface area contributed by atoms with Gasteiger partial charge < -0.3 is 20.9 Å². The second kappa shape index (κ2) is 10.9. The number of benzene rings is 1. The van der Waals surface area contributed by atoms with E-state index in [1.165, 1.54) is 0 Å². The molecule has 1 aliphatic rings. The molecule has 2 rings (SSSR count). The van der Waals surface area contributed by atoms with Crippen LogP contribution in [0.1, 0.15) is 31.7 Å². The number of nitrogens with zero attached hydrogens (tertiary/aromatic N) is 1. The molecule has 1 saturated heterocycles. The minimum Gasteiger partial charge on any atom is -0.352 e. The molecule has 0 aliphatic carbocycles. The minimum absolute atomic E-state index is 0. The molecule has 2 atom stereocenters. The van der Waals surface area contributed by atoms with E-state index in [9.17, 15) is 9.59 Å². The highest BCUT2D eigenvalue weighted by Crippen LogP contribution is 2.08. The van der Waals surface area contributed by atoms with Gasteiger partial charge in [0.15, 0.2) is 0 Å². The van der Waals surface area contributed by atoms with Gasteiger partial charge in [0.1, 0.15) is 0 Å². The lowest BCUT2D eigenvalue weighted by atomic mass is 10.00. The van der Waals surface area contributed by atoms with Crippen molar-refractivity contribution in [1.82, 2.24) is 20.9 Å². The van der Waals surface area contributed by atoms with Gasteiger partial charge in [-0.15, -0.1) is 12.4 Å². The Bertz CT molecular complexity index is 541. The Morgan fingerprint density at radius 1 is 1.28 bits per heavy atom. The fourth-order valence-electron chi connectivity index (χ4n) is 2.87. The standard InChI is InChI=1S/C18H28N4O2.ClH/c1-14-16(9-6-11-19-14)21-17(23)10-12-20-18(24)22(2)13-15-7-4-3-5-8-15;/h3-5,7-8,14,16,19H,6,9-13H2,1-2H3,(H,20,24)(H,21,23);1H. The molecule has 3 amide bonds. The van der Waals surface area contributed by atoms with E-state index in [0.717, 1.165) is 24.9 Å². The molecule has 0 aromatic heterocycles. The number of hydrogen-bond acceptors (Lipinski definition) is 3. The van der Waals surface area contributed by atoms with E-state index in [4.69, 9.17) is 0 Å². The highest BCUT2D eigenvalue weighted by atomic mass is 35.5. The van der Waals surface area contributed by atoms with Crippen LogP contribution < -0.4 is 16.0 Å². The van der Waals surface area contributed by atoms with Crippen LogP contribution in [-0.4, -0.2) is 49.1 Å². The molecular formula is C18H29ClN4O2. The Balaban J connectivity index is 0.00000312. The Labute approximate surface area is 156 Å². The summed E-state index contributed by atoms with van der Waals surface area (Å²) in [6.45, 7) is 3.99. The predicted molar refractivity (Wildman–Crippen MR) is 102 cm³/mol. The molecule has 0 spiro atoms. The summed E-state index contributed by atoms with van der Waals surface area (Å²) in [4.78, 5) is 25.7. The third-order valence-corrected chi connectivity index (χ3v) is 4.35. The average molecular weight is 369 g/mol. The summed E-state index contributed by atoms with van der Waals surface area (Å²) >= 11 is 0. The first-order chi connectivity index (χ1) is 11.6. The predicted octanol–water partition coefficient (Wildman–Crippen LogP) is 1.90. The lowest BCUT2D eigenvalue weighted by molar-refractivity contribution is -0.122. The van der Waals surface area contributed by atoms with Gasteiger partial charge >= 0.3 is 6.03 Å². The molecule has 0 radical (unpaired) electrons. The van der Waals surface area contributed by atoms with Crippen LogP contribution in [0.25, 0.3) is 0 Å². The van der Waals surface area contributed by atoms with Gasteiger partial charge in [-0.3, -0.25) is 4.79 Å². The highest BCUT2D eigenvalue weighted by molar-refractivity contribution is 5.85. The molecule has 1 heterocycles. The number of rotatable bonds is 6. The van der Waals surface area contributed by atoms with Crippen molar-refractivity contribution in [2.45, 2.75) is 44.8 Å². The molecule has 0 bridgehead atoms. The van der Waals surface area contributed by atoms with Crippen molar-refractivity contribution >= 4 is 24.3 Å². The molecule has 140 valence electrons. The third kappa shape index (κ3) is 7.32. The van der Waals surface area contributed by atoms with E-state index in [0.29, 0.717) is 25.6 Å². The van der Waals surface area contributed by atoms with Crippen LogP contribution in [0.4, 0.5) is 4.79 Å². The second-order valence-corrected chi connectivity index (χ2v) is 6.38. The number of nitrogens with one attached hydrogen (secondary N) is 3. The van der Waals surface area contributed by atoms with Gasteiger partial charge in [0.25, 0.3) is 0 Å². The van der Waals surface area contributed by atoms with Crippen molar-refractivity contribution in [2.24, 2.45) is 0 Å². The van der Waals surface area contributed by atoms with Crippen LogP contribution in [0, 0.1) is 0 Å². The average Bonchev–Trinajstić information content (AvgIpc) is 2.57. The Morgan fingerprint density at radius 2 is 2.00 bits per heavy atom. The topological polar surface area (TPSA) is 73.5 Å². The van der Waals surface area contributed by atoms with Gasteiger partial charge in [0, 0.05) is 38.6 Å². The minimum atomic E-state index is -0.167. The maximum absolute atomic E-state index is 12.0. The molecular weight excluding hydrogens is 340 g/mol. The first-order valence-corrected chi connectivity index (χ1v) is 8.62. The number of urea groups is 1. The van der Waals surface area contributed by atoms with E-state index >= 15 is 0 Å². The zero-order valence-corrected chi connectivity index (χ0v) is 15.8. The van der Waals surface area contributed by atoms with E-state index in [1.807, 2.05) is 30.3 Å². The summed E-state index contributed by atoms with van der Waals surface area (Å²) in [6.07, 6.45) is 2.39. The van der Waals surface area contributed by atoms with E-state index in [2.05, 4.69) is 22.9 Å². The van der Waals surface area contributed by atoms with Crippen LogP contribution in [0.2, 0.25) is 0 Å². The summed E-state index contributed by atoms with van der Waals surface area (Å²) in [6, 6.07) is 10.1. The summed E-state index contributed by atoms with van der Waals surface area (Å²) in [5.74, 6) is -0.0124. The summed E-state index contributed by atoms with van der Waals surface area (Å²) in [5.41, 5.74) is 1.08. The summed E-state index contributed by atoms with van der Waals surface area (Å²) < 4.78 is 0. The summed E-state index contributed by atoms with van der Waals surface area (Å²) in [7, 11) is 1.75. The Morgan fingerprint density at radius 3 is 2.68 bits per heavy atom. The largest absolute Gasteiger partial charge is 0.352 e. The van der Waals surface area contributed by atoms with Gasteiger partial charge in [0.05, 0.1) is 0 Å². The SMILES string of the molecule is CC1NCCCC1NC(=O)CCNC(=O)N(C)Cc1ccccc1.Cl. The number of hydrogen-bond donors (Lipinski definition) is 3. The van der Waals surface area contributed by atoms with Crippen molar-refractivity contribution in [2.75, 3.05) is 20.1 Å². The van der Waals surface area contributed by atoms with E-state index < -0.39 is 0 Å². The van der Waals surface area contributed by atoms with Crippen molar-refractivity contribution in [3.05, 3.63) is 35.9 Å². The molecule has 1 aromatic carbocycles. The van der Waals surface area contributed by atoms with Crippen molar-refractivity contribution in [3.63, 3.8) is 0 Å². The monoisotopic (exact) mass is 368 g/mol. The fourth-order valence-corrected chi connectivity index (χ4v) is 2.87. The van der Waals surface area contributed by atoms with Crippen molar-refractivity contribution < 1.29 is 9.59 Å². The first-order valence-electron chi connectivity index (χ1n) is 8.62. The van der Waals surface area contributed by atoms with Crippen molar-refractivity contribution in [3.8, 4) is 0 Å². The lowest BCUT2D eigenvalue weighted by Crippen LogP contribution is -2.52. The quantitative estimate of drug-likeness (QED) is 0.718. The summed E-state index contributed by atoms with van der Waals surface area (Å²) in [5, 5.41) is 9.20. The molecule has 1 aromatic rings. The number of carbonyl (C=O) groups is 2. The first kappa shape index (κ1) is 21.3. The molecule has 6 nitrogen and oxygen atoms in total. The molecule has 7 heteroatoms. The second-order valence-electron chi connectivity index (χ2n) is 6.38. The van der Waals surface area contributed by atoms with E-state index in [-0.39, 0.29) is 30.4 Å². The van der Waals surface area contributed by atoms with E-state index in [1.54, 1.807) is 11.9 Å². The van der Waals surface area contributed by atoms with Gasteiger partial charge in [-0.05, 0) is 31.9 Å². The maximum atomic E-state index is 12.0. The molecule has 2 unspecified atom stereocenters. The highest BCUT2D eigenvalue weighted by Gasteiger charge is 2.22. The van der Waals surface area contributed by atoms with Crippen LogP contribution in [0.3, 0.4) is 0 Å². The van der Waals surface area contributed by atoms with Crippen molar-refractivity contribution in [1.29, 1.82) is 0 Å². The molecule has 25 heavy (non-hydrogen) atoms. The third-order valence-electron chi connectivity index (χ3n) is 4.35. The lowest BCUT2D eigenvalue weighted by Gasteiger charge is -2.30. The number of halogens is 1.